The molecular formula is C20H20N4OS. The zero-order valence-electron chi connectivity index (χ0n) is 14.4. The van der Waals surface area contributed by atoms with Crippen molar-refractivity contribution in [2.75, 3.05) is 6.54 Å². The van der Waals surface area contributed by atoms with Crippen molar-refractivity contribution in [3.8, 4) is 11.4 Å². The highest BCUT2D eigenvalue weighted by Gasteiger charge is 2.40. The van der Waals surface area contributed by atoms with Gasteiger partial charge in [0.25, 0.3) is 0 Å². The number of benzene rings is 1. The second kappa shape index (κ2) is 6.80. The highest BCUT2D eigenvalue weighted by molar-refractivity contribution is 7.80. The largest absolute Gasteiger partial charge is 0.508 e. The summed E-state index contributed by atoms with van der Waals surface area (Å²) in [6.07, 6.45) is 3.84. The van der Waals surface area contributed by atoms with Crippen molar-refractivity contribution < 1.29 is 5.11 Å². The second-order valence-electron chi connectivity index (χ2n) is 6.23. The Hall–Kier alpha value is -2.86. The summed E-state index contributed by atoms with van der Waals surface area (Å²) in [4.78, 5) is 6.74. The smallest absolute Gasteiger partial charge is 0.170 e. The Morgan fingerprint density at radius 3 is 2.62 bits per heavy atom. The number of rotatable bonds is 4. The standard InChI is InChI=1S/C20H20N4OS/c1-2-23-19(18(22-20(23)26)16-6-3-4-12-21-16)17-7-5-13-24(17)14-8-10-15(25)11-9-14/h3-13,18-19,25H,2H2,1H3,(H,22,26). The van der Waals surface area contributed by atoms with Gasteiger partial charge in [-0.25, -0.2) is 0 Å². The van der Waals surface area contributed by atoms with Crippen molar-refractivity contribution in [2.45, 2.75) is 19.0 Å². The summed E-state index contributed by atoms with van der Waals surface area (Å²) in [6.45, 7) is 2.91. The molecule has 1 aliphatic heterocycles. The molecule has 0 radical (unpaired) electrons. The SMILES string of the molecule is CCN1C(=S)NC(c2ccccn2)C1c1cccn1-c1ccc(O)cc1. The van der Waals surface area contributed by atoms with Gasteiger partial charge in [-0.3, -0.25) is 4.98 Å². The molecule has 6 heteroatoms. The van der Waals surface area contributed by atoms with E-state index in [1.165, 1.54) is 0 Å². The molecule has 2 aromatic heterocycles. The maximum atomic E-state index is 9.59. The zero-order chi connectivity index (χ0) is 18.1. The average Bonchev–Trinajstić information content (AvgIpc) is 3.27. The lowest BCUT2D eigenvalue weighted by Gasteiger charge is -2.27. The summed E-state index contributed by atoms with van der Waals surface area (Å²) in [5.41, 5.74) is 3.09. The van der Waals surface area contributed by atoms with Crippen molar-refractivity contribution >= 4 is 17.3 Å². The molecule has 0 saturated carbocycles. The fourth-order valence-corrected chi connectivity index (χ4v) is 3.92. The lowest BCUT2D eigenvalue weighted by atomic mass is 10.0. The van der Waals surface area contributed by atoms with Crippen molar-refractivity contribution in [2.24, 2.45) is 0 Å². The van der Waals surface area contributed by atoms with E-state index in [4.69, 9.17) is 12.2 Å². The van der Waals surface area contributed by atoms with E-state index in [9.17, 15) is 5.11 Å². The molecule has 0 aliphatic carbocycles. The molecule has 3 heterocycles. The highest BCUT2D eigenvalue weighted by Crippen LogP contribution is 2.39. The molecule has 0 amide bonds. The first-order chi connectivity index (χ1) is 12.7. The summed E-state index contributed by atoms with van der Waals surface area (Å²) in [5, 5.41) is 13.8. The van der Waals surface area contributed by atoms with Crippen LogP contribution in [0.25, 0.3) is 5.69 Å². The number of hydrogen-bond acceptors (Lipinski definition) is 3. The molecule has 132 valence electrons. The van der Waals surface area contributed by atoms with Crippen molar-refractivity contribution in [1.82, 2.24) is 19.8 Å². The number of phenols is 1. The van der Waals surface area contributed by atoms with Gasteiger partial charge in [0.15, 0.2) is 5.11 Å². The first-order valence-electron chi connectivity index (χ1n) is 8.63. The highest BCUT2D eigenvalue weighted by atomic mass is 32.1. The van der Waals surface area contributed by atoms with Crippen LogP contribution in [0.15, 0.2) is 67.0 Å². The summed E-state index contributed by atoms with van der Waals surface area (Å²) in [6, 6.07) is 17.3. The summed E-state index contributed by atoms with van der Waals surface area (Å²) in [5.74, 6) is 0.257. The number of aromatic nitrogens is 2. The molecule has 2 unspecified atom stereocenters. The monoisotopic (exact) mass is 364 g/mol. The normalized spacial score (nSPS) is 19.6. The quantitative estimate of drug-likeness (QED) is 0.693. The molecule has 26 heavy (non-hydrogen) atoms. The van der Waals surface area contributed by atoms with Gasteiger partial charge in [-0.1, -0.05) is 6.07 Å². The zero-order valence-corrected chi connectivity index (χ0v) is 15.2. The van der Waals surface area contributed by atoms with Crippen LogP contribution in [-0.4, -0.2) is 31.2 Å². The molecule has 1 aromatic carbocycles. The summed E-state index contributed by atoms with van der Waals surface area (Å²) < 4.78 is 2.14. The van der Waals surface area contributed by atoms with Crippen LogP contribution in [0.1, 0.15) is 30.4 Å². The van der Waals surface area contributed by atoms with Gasteiger partial charge in [0, 0.05) is 30.3 Å². The fourth-order valence-electron chi connectivity index (χ4n) is 3.55. The van der Waals surface area contributed by atoms with E-state index in [2.05, 4.69) is 32.8 Å². The van der Waals surface area contributed by atoms with Crippen molar-refractivity contribution in [1.29, 1.82) is 0 Å². The molecule has 5 nitrogen and oxygen atoms in total. The van der Waals surface area contributed by atoms with Gasteiger partial charge in [-0.15, -0.1) is 0 Å². The Kier molecular flexibility index (Phi) is 4.34. The number of nitrogens with zero attached hydrogens (tertiary/aromatic N) is 3. The van der Waals surface area contributed by atoms with E-state index in [0.29, 0.717) is 0 Å². The lowest BCUT2D eigenvalue weighted by molar-refractivity contribution is 0.321. The molecule has 2 N–H and O–H groups in total. The predicted molar refractivity (Wildman–Crippen MR) is 105 cm³/mol. The van der Waals surface area contributed by atoms with Crippen molar-refractivity contribution in [3.63, 3.8) is 0 Å². The minimum absolute atomic E-state index is 0.0191. The van der Waals surface area contributed by atoms with Crippen LogP contribution >= 0.6 is 12.2 Å². The first kappa shape index (κ1) is 16.6. The maximum absolute atomic E-state index is 9.59. The number of thiocarbonyl (C=S) groups is 1. The minimum atomic E-state index is -0.0191. The van der Waals surface area contributed by atoms with Crippen LogP contribution in [0.5, 0.6) is 5.75 Å². The topological polar surface area (TPSA) is 53.3 Å². The Balaban J connectivity index is 1.80. The van der Waals surface area contributed by atoms with Gasteiger partial charge in [-0.2, -0.15) is 0 Å². The molecule has 2 atom stereocenters. The maximum Gasteiger partial charge on any atom is 0.170 e. The third kappa shape index (κ3) is 2.82. The third-order valence-electron chi connectivity index (χ3n) is 4.75. The van der Waals surface area contributed by atoms with E-state index >= 15 is 0 Å². The summed E-state index contributed by atoms with van der Waals surface area (Å²) in [7, 11) is 0. The Bertz CT molecular complexity index is 907. The second-order valence-corrected chi connectivity index (χ2v) is 6.62. The molecule has 3 aromatic rings. The van der Waals surface area contributed by atoms with Crippen LogP contribution in [0.4, 0.5) is 0 Å². The van der Waals surface area contributed by atoms with E-state index in [1.54, 1.807) is 12.1 Å². The molecule has 0 bridgehead atoms. The predicted octanol–water partition coefficient (Wildman–Crippen LogP) is 3.57. The van der Waals surface area contributed by atoms with Gasteiger partial charge in [-0.05, 0) is 67.7 Å². The fraction of sp³-hybridized carbons (Fsp3) is 0.200. The number of hydrogen-bond donors (Lipinski definition) is 2. The van der Waals surface area contributed by atoms with Crippen LogP contribution in [0.2, 0.25) is 0 Å². The van der Waals surface area contributed by atoms with Crippen LogP contribution in [-0.2, 0) is 0 Å². The Labute approximate surface area is 157 Å². The number of likely N-dealkylation sites (N-methyl/N-ethyl adjacent to an activating group) is 1. The van der Waals surface area contributed by atoms with E-state index in [1.807, 2.05) is 48.8 Å². The van der Waals surface area contributed by atoms with E-state index in [-0.39, 0.29) is 17.8 Å². The van der Waals surface area contributed by atoms with Gasteiger partial charge < -0.3 is 19.9 Å². The number of nitrogens with one attached hydrogen (secondary N) is 1. The summed E-state index contributed by atoms with van der Waals surface area (Å²) >= 11 is 5.59. The molecule has 1 saturated heterocycles. The van der Waals surface area contributed by atoms with Gasteiger partial charge in [0.1, 0.15) is 5.75 Å². The Morgan fingerprint density at radius 1 is 1.12 bits per heavy atom. The van der Waals surface area contributed by atoms with Crippen molar-refractivity contribution in [3.05, 3.63) is 78.4 Å². The minimum Gasteiger partial charge on any atom is -0.508 e. The Morgan fingerprint density at radius 2 is 1.92 bits per heavy atom. The van der Waals surface area contributed by atoms with Gasteiger partial charge >= 0.3 is 0 Å². The van der Waals surface area contributed by atoms with E-state index < -0.39 is 0 Å². The number of phenolic OH excluding ortho intramolecular Hbond substituents is 1. The van der Waals surface area contributed by atoms with Crippen LogP contribution in [0, 0.1) is 0 Å². The molecule has 1 fully saturated rings. The first-order valence-corrected chi connectivity index (χ1v) is 9.04. The molecule has 0 spiro atoms. The number of pyridine rings is 1. The van der Waals surface area contributed by atoms with E-state index in [0.717, 1.165) is 28.7 Å². The lowest BCUT2D eigenvalue weighted by Crippen LogP contribution is -2.30. The third-order valence-corrected chi connectivity index (χ3v) is 5.10. The molecule has 4 rings (SSSR count). The molecule has 1 aliphatic rings. The van der Waals surface area contributed by atoms with Gasteiger partial charge in [0.2, 0.25) is 0 Å². The number of aromatic hydroxyl groups is 1. The van der Waals surface area contributed by atoms with Gasteiger partial charge in [0.05, 0.1) is 17.8 Å². The van der Waals surface area contributed by atoms with Crippen LogP contribution < -0.4 is 5.32 Å². The average molecular weight is 364 g/mol. The molecular weight excluding hydrogens is 344 g/mol. The van der Waals surface area contributed by atoms with Crippen LogP contribution in [0.3, 0.4) is 0 Å².